The SMILES string of the molecule is CC(C)[C@]1(C(N)=O)C[C@H]2C=C[C@H]1C2. The summed E-state index contributed by atoms with van der Waals surface area (Å²) in [6, 6.07) is 0. The standard InChI is InChI=1S/C11H17NO/c1-7(2)11(10(12)13)6-8-3-4-9(11)5-8/h3-4,7-9H,5-6H2,1-2H3,(H2,12,13)/t8-,9-,11+/m0/s1. The fourth-order valence-corrected chi connectivity index (χ4v) is 3.12. The van der Waals surface area contributed by atoms with E-state index in [9.17, 15) is 4.79 Å². The number of hydrogen-bond acceptors (Lipinski definition) is 1. The van der Waals surface area contributed by atoms with Crippen LogP contribution < -0.4 is 5.73 Å². The van der Waals surface area contributed by atoms with E-state index in [-0.39, 0.29) is 11.3 Å². The highest BCUT2D eigenvalue weighted by molar-refractivity contribution is 5.82. The summed E-state index contributed by atoms with van der Waals surface area (Å²) in [6.07, 6.45) is 6.55. The van der Waals surface area contributed by atoms with E-state index in [1.807, 2.05) is 0 Å². The monoisotopic (exact) mass is 179 g/mol. The summed E-state index contributed by atoms with van der Waals surface area (Å²) in [5.74, 6) is 1.29. The fraction of sp³-hybridized carbons (Fsp3) is 0.727. The first-order valence-electron chi connectivity index (χ1n) is 5.05. The molecule has 2 aliphatic carbocycles. The van der Waals surface area contributed by atoms with Crippen molar-refractivity contribution in [3.05, 3.63) is 12.2 Å². The molecule has 2 nitrogen and oxygen atoms in total. The zero-order valence-corrected chi connectivity index (χ0v) is 8.29. The van der Waals surface area contributed by atoms with Gasteiger partial charge in [-0.3, -0.25) is 4.79 Å². The lowest BCUT2D eigenvalue weighted by atomic mass is 9.67. The van der Waals surface area contributed by atoms with E-state index >= 15 is 0 Å². The van der Waals surface area contributed by atoms with Gasteiger partial charge in [-0.25, -0.2) is 0 Å². The summed E-state index contributed by atoms with van der Waals surface area (Å²) in [7, 11) is 0. The van der Waals surface area contributed by atoms with Crippen molar-refractivity contribution in [1.82, 2.24) is 0 Å². The van der Waals surface area contributed by atoms with Gasteiger partial charge < -0.3 is 5.73 Å². The lowest BCUT2D eigenvalue weighted by Crippen LogP contribution is -2.44. The molecule has 0 heterocycles. The summed E-state index contributed by atoms with van der Waals surface area (Å²) < 4.78 is 0. The number of carbonyl (C=O) groups is 1. The summed E-state index contributed by atoms with van der Waals surface area (Å²) in [4.78, 5) is 11.5. The fourth-order valence-electron chi connectivity index (χ4n) is 3.12. The molecule has 2 rings (SSSR count). The maximum absolute atomic E-state index is 11.5. The van der Waals surface area contributed by atoms with Crippen molar-refractivity contribution in [2.24, 2.45) is 28.9 Å². The normalized spacial score (nSPS) is 41.8. The molecule has 0 aromatic carbocycles. The molecule has 0 aromatic rings. The quantitative estimate of drug-likeness (QED) is 0.644. The average Bonchev–Trinajstić information content (AvgIpc) is 2.61. The predicted molar refractivity (Wildman–Crippen MR) is 51.8 cm³/mol. The number of amides is 1. The van der Waals surface area contributed by atoms with Gasteiger partial charge in [-0.15, -0.1) is 0 Å². The molecule has 0 aliphatic heterocycles. The van der Waals surface area contributed by atoms with Gasteiger partial charge in [-0.1, -0.05) is 26.0 Å². The third-order valence-corrected chi connectivity index (χ3v) is 3.92. The van der Waals surface area contributed by atoms with Gasteiger partial charge in [-0.05, 0) is 30.6 Å². The van der Waals surface area contributed by atoms with Crippen molar-refractivity contribution in [2.75, 3.05) is 0 Å². The Morgan fingerprint density at radius 3 is 2.46 bits per heavy atom. The summed E-state index contributed by atoms with van der Waals surface area (Å²) >= 11 is 0. The van der Waals surface area contributed by atoms with E-state index < -0.39 is 0 Å². The van der Waals surface area contributed by atoms with E-state index in [0.29, 0.717) is 17.8 Å². The second-order valence-corrected chi connectivity index (χ2v) is 4.75. The van der Waals surface area contributed by atoms with Crippen molar-refractivity contribution in [3.8, 4) is 0 Å². The van der Waals surface area contributed by atoms with Gasteiger partial charge in [0.2, 0.25) is 5.91 Å². The molecule has 2 heteroatoms. The lowest BCUT2D eigenvalue weighted by molar-refractivity contribution is -0.132. The number of fused-ring (bicyclic) bond motifs is 2. The summed E-state index contributed by atoms with van der Waals surface area (Å²) in [5, 5.41) is 0. The van der Waals surface area contributed by atoms with E-state index in [2.05, 4.69) is 26.0 Å². The molecule has 1 amide bonds. The lowest BCUT2D eigenvalue weighted by Gasteiger charge is -2.36. The van der Waals surface area contributed by atoms with Gasteiger partial charge in [0, 0.05) is 0 Å². The number of primary amides is 1. The van der Waals surface area contributed by atoms with Crippen LogP contribution in [0.25, 0.3) is 0 Å². The van der Waals surface area contributed by atoms with Crippen LogP contribution in [0.15, 0.2) is 12.2 Å². The maximum atomic E-state index is 11.5. The van der Waals surface area contributed by atoms with Crippen LogP contribution in [0.1, 0.15) is 26.7 Å². The molecule has 0 spiro atoms. The minimum atomic E-state index is -0.237. The van der Waals surface area contributed by atoms with Gasteiger partial charge in [0.25, 0.3) is 0 Å². The minimum Gasteiger partial charge on any atom is -0.369 e. The number of carbonyl (C=O) groups excluding carboxylic acids is 1. The van der Waals surface area contributed by atoms with Crippen molar-refractivity contribution in [1.29, 1.82) is 0 Å². The molecular formula is C11H17NO. The molecule has 1 saturated carbocycles. The van der Waals surface area contributed by atoms with Crippen LogP contribution in [-0.4, -0.2) is 5.91 Å². The van der Waals surface area contributed by atoms with Crippen LogP contribution in [0.3, 0.4) is 0 Å². The predicted octanol–water partition coefficient (Wildman–Crippen LogP) is 1.71. The van der Waals surface area contributed by atoms with Crippen LogP contribution in [0, 0.1) is 23.2 Å². The van der Waals surface area contributed by atoms with E-state index in [4.69, 9.17) is 5.73 Å². The van der Waals surface area contributed by atoms with Crippen molar-refractivity contribution in [3.63, 3.8) is 0 Å². The van der Waals surface area contributed by atoms with Gasteiger partial charge in [0.05, 0.1) is 5.41 Å². The third-order valence-electron chi connectivity index (χ3n) is 3.92. The van der Waals surface area contributed by atoms with Crippen molar-refractivity contribution >= 4 is 5.91 Å². The Morgan fingerprint density at radius 1 is 1.54 bits per heavy atom. The summed E-state index contributed by atoms with van der Waals surface area (Å²) in [5.41, 5.74) is 5.31. The van der Waals surface area contributed by atoms with Gasteiger partial charge in [-0.2, -0.15) is 0 Å². The molecule has 72 valence electrons. The minimum absolute atomic E-state index is 0.0978. The highest BCUT2D eigenvalue weighted by Crippen LogP contribution is 2.55. The Bertz CT molecular complexity index is 269. The first-order chi connectivity index (χ1) is 6.07. The highest BCUT2D eigenvalue weighted by Gasteiger charge is 2.53. The van der Waals surface area contributed by atoms with E-state index in [1.165, 1.54) is 0 Å². The van der Waals surface area contributed by atoms with Crippen LogP contribution in [0.5, 0.6) is 0 Å². The molecule has 2 aliphatic rings. The highest BCUT2D eigenvalue weighted by atomic mass is 16.1. The second-order valence-electron chi connectivity index (χ2n) is 4.75. The van der Waals surface area contributed by atoms with Gasteiger partial charge >= 0.3 is 0 Å². The molecule has 1 fully saturated rings. The maximum Gasteiger partial charge on any atom is 0.224 e. The zero-order valence-electron chi connectivity index (χ0n) is 8.29. The molecule has 0 unspecified atom stereocenters. The molecule has 2 N–H and O–H groups in total. The second kappa shape index (κ2) is 2.60. The van der Waals surface area contributed by atoms with Crippen LogP contribution in [0.4, 0.5) is 0 Å². The van der Waals surface area contributed by atoms with Crippen LogP contribution in [0.2, 0.25) is 0 Å². The van der Waals surface area contributed by atoms with Crippen LogP contribution >= 0.6 is 0 Å². The van der Waals surface area contributed by atoms with E-state index in [1.54, 1.807) is 0 Å². The molecular weight excluding hydrogens is 162 g/mol. The number of nitrogens with two attached hydrogens (primary N) is 1. The third kappa shape index (κ3) is 0.976. The van der Waals surface area contributed by atoms with Crippen molar-refractivity contribution < 1.29 is 4.79 Å². The van der Waals surface area contributed by atoms with Gasteiger partial charge in [0.1, 0.15) is 0 Å². The molecule has 0 aromatic heterocycles. The van der Waals surface area contributed by atoms with Crippen molar-refractivity contribution in [2.45, 2.75) is 26.7 Å². The molecule has 2 bridgehead atoms. The zero-order chi connectivity index (χ0) is 9.64. The molecule has 13 heavy (non-hydrogen) atoms. The Morgan fingerprint density at radius 2 is 2.23 bits per heavy atom. The molecule has 0 radical (unpaired) electrons. The Balaban J connectivity index is 2.36. The largest absolute Gasteiger partial charge is 0.369 e. The van der Waals surface area contributed by atoms with Gasteiger partial charge in [0.15, 0.2) is 0 Å². The Labute approximate surface area is 79.2 Å². The molecule has 3 atom stereocenters. The number of allylic oxidation sites excluding steroid dienone is 2. The Kier molecular flexibility index (Phi) is 1.76. The Hall–Kier alpha value is -0.790. The topological polar surface area (TPSA) is 43.1 Å². The number of hydrogen-bond donors (Lipinski definition) is 1. The van der Waals surface area contributed by atoms with Crippen LogP contribution in [-0.2, 0) is 4.79 Å². The first kappa shape index (κ1) is 8.79. The summed E-state index contributed by atoms with van der Waals surface area (Å²) in [6.45, 7) is 4.22. The molecule has 0 saturated heterocycles. The number of rotatable bonds is 2. The first-order valence-corrected chi connectivity index (χ1v) is 5.05. The smallest absolute Gasteiger partial charge is 0.224 e. The van der Waals surface area contributed by atoms with E-state index in [0.717, 1.165) is 12.8 Å². The average molecular weight is 179 g/mol.